The summed E-state index contributed by atoms with van der Waals surface area (Å²) in [7, 11) is 0. The van der Waals surface area contributed by atoms with Gasteiger partial charge in [0.2, 0.25) is 0 Å². The van der Waals surface area contributed by atoms with Crippen molar-refractivity contribution >= 4 is 12.6 Å². The summed E-state index contributed by atoms with van der Waals surface area (Å²) in [6, 6.07) is 0. The molecular formula is CH3KNS+. The first-order valence-electron chi connectivity index (χ1n) is 0.447. The minimum atomic E-state index is 0. The average Bonchev–Trinajstić information content (AvgIpc) is 0.918. The fraction of sp³-hybridized carbons (Fsp3) is 0. The van der Waals surface area contributed by atoms with Crippen molar-refractivity contribution in [2.24, 2.45) is 0 Å². The number of rotatable bonds is 0. The molecule has 0 aliphatic heterocycles. The van der Waals surface area contributed by atoms with E-state index in [2.05, 4.69) is 12.6 Å². The van der Waals surface area contributed by atoms with Crippen LogP contribution in [0.2, 0.25) is 0 Å². The van der Waals surface area contributed by atoms with Crippen LogP contribution in [0.15, 0.2) is 0 Å². The third-order valence-electron chi connectivity index (χ3n) is 0. The SMILES string of the molecule is N#CS.[H+].[H-].[K+]. The van der Waals surface area contributed by atoms with Crippen LogP contribution in [-0.2, 0) is 0 Å². The number of nitriles is 1. The molecule has 0 rings (SSSR count). The molecular weight excluding hydrogens is 97.2 g/mol. The van der Waals surface area contributed by atoms with Crippen LogP contribution < -0.4 is 51.4 Å². The largest absolute Gasteiger partial charge is 1.00 e. The summed E-state index contributed by atoms with van der Waals surface area (Å²) in [5.74, 6) is 0. The van der Waals surface area contributed by atoms with Crippen LogP contribution in [-0.4, -0.2) is 0 Å². The predicted octanol–water partition coefficient (Wildman–Crippen LogP) is -2.37. The van der Waals surface area contributed by atoms with Gasteiger partial charge in [-0.15, -0.1) is 0 Å². The van der Waals surface area contributed by atoms with Gasteiger partial charge in [-0.2, -0.15) is 5.26 Å². The Bertz CT molecular complexity index is 35.0. The Labute approximate surface area is 76.2 Å². The number of hydrogen-bond donors (Lipinski definition) is 1. The van der Waals surface area contributed by atoms with E-state index in [1.54, 1.807) is 0 Å². The number of thiol groups is 1. The predicted molar refractivity (Wildman–Crippen MR) is 16.8 cm³/mol. The van der Waals surface area contributed by atoms with Crippen LogP contribution in [0.4, 0.5) is 0 Å². The van der Waals surface area contributed by atoms with Gasteiger partial charge in [-0.05, 0) is 0 Å². The van der Waals surface area contributed by atoms with E-state index in [0.717, 1.165) is 0 Å². The zero-order valence-corrected chi connectivity index (χ0v) is 6.41. The van der Waals surface area contributed by atoms with Gasteiger partial charge in [-0.3, -0.25) is 0 Å². The van der Waals surface area contributed by atoms with E-state index in [4.69, 9.17) is 5.26 Å². The van der Waals surface area contributed by atoms with E-state index in [1.165, 1.54) is 5.40 Å². The second kappa shape index (κ2) is 8.82. The van der Waals surface area contributed by atoms with E-state index in [-0.39, 0.29) is 54.2 Å². The van der Waals surface area contributed by atoms with Gasteiger partial charge in [-0.1, -0.05) is 12.6 Å². The molecule has 0 amide bonds. The molecule has 0 radical (unpaired) electrons. The van der Waals surface area contributed by atoms with Crippen molar-refractivity contribution in [2.45, 2.75) is 0 Å². The minimum Gasteiger partial charge on any atom is -1.00 e. The van der Waals surface area contributed by atoms with Crippen molar-refractivity contribution in [2.75, 3.05) is 0 Å². The van der Waals surface area contributed by atoms with E-state index in [1.807, 2.05) is 0 Å². The number of hydrogen-bond acceptors (Lipinski definition) is 2. The second-order valence-electron chi connectivity index (χ2n) is 0.100. The van der Waals surface area contributed by atoms with Crippen molar-refractivity contribution in [3.05, 3.63) is 0 Å². The van der Waals surface area contributed by atoms with Crippen LogP contribution >= 0.6 is 12.6 Å². The van der Waals surface area contributed by atoms with Gasteiger partial charge in [-0.25, -0.2) is 0 Å². The molecule has 0 unspecified atom stereocenters. The topological polar surface area (TPSA) is 23.8 Å². The van der Waals surface area contributed by atoms with Gasteiger partial charge in [0.1, 0.15) is 5.40 Å². The number of nitrogens with zero attached hydrogens (tertiary/aromatic N) is 1. The van der Waals surface area contributed by atoms with Crippen LogP contribution in [0.25, 0.3) is 0 Å². The Balaban J connectivity index is -0.00000000667. The Morgan fingerprint density at radius 2 is 2.25 bits per heavy atom. The standard InChI is InChI=1S/CHNS.K.H/c2-1-3;;/h3H;;/q;+1;-1/p+1. The molecule has 0 fully saturated rings. The van der Waals surface area contributed by atoms with Gasteiger partial charge in [0.05, 0.1) is 0 Å². The normalized spacial score (nSPS) is 2.00. The first-order chi connectivity index (χ1) is 1.41. The van der Waals surface area contributed by atoms with Crippen LogP contribution in [0, 0.1) is 10.7 Å². The first-order valence-corrected chi connectivity index (χ1v) is 0.894. The molecule has 0 saturated heterocycles. The molecule has 0 saturated carbocycles. The molecule has 0 N–H and O–H groups in total. The maximum absolute atomic E-state index is 7.18. The monoisotopic (exact) mass is 100.0 g/mol. The smallest absolute Gasteiger partial charge is 1.00 e. The van der Waals surface area contributed by atoms with Gasteiger partial charge in [0.15, 0.2) is 0 Å². The molecule has 0 spiro atoms. The maximum Gasteiger partial charge on any atom is 1.00 e. The fourth-order valence-corrected chi connectivity index (χ4v) is 0. The maximum atomic E-state index is 7.18. The van der Waals surface area contributed by atoms with E-state index >= 15 is 0 Å². The van der Waals surface area contributed by atoms with Crippen LogP contribution in [0.3, 0.4) is 0 Å². The Hall–Kier alpha value is 1.48. The van der Waals surface area contributed by atoms with E-state index in [0.29, 0.717) is 0 Å². The van der Waals surface area contributed by atoms with Crippen molar-refractivity contribution < 1.29 is 54.2 Å². The van der Waals surface area contributed by atoms with Crippen LogP contribution in [0.5, 0.6) is 0 Å². The van der Waals surface area contributed by atoms with Crippen molar-refractivity contribution in [3.8, 4) is 5.40 Å². The quantitative estimate of drug-likeness (QED) is 0.205. The zero-order chi connectivity index (χ0) is 2.71. The van der Waals surface area contributed by atoms with Gasteiger partial charge >= 0.3 is 52.8 Å². The van der Waals surface area contributed by atoms with Gasteiger partial charge in [0.25, 0.3) is 0 Å². The third-order valence-corrected chi connectivity index (χ3v) is 0. The summed E-state index contributed by atoms with van der Waals surface area (Å²) >= 11 is 3.09. The summed E-state index contributed by atoms with van der Waals surface area (Å²) in [5.41, 5.74) is 0. The summed E-state index contributed by atoms with van der Waals surface area (Å²) in [5, 5.41) is 8.63. The Morgan fingerprint density at radius 3 is 2.25 bits per heavy atom. The van der Waals surface area contributed by atoms with Crippen LogP contribution in [0.1, 0.15) is 2.85 Å². The summed E-state index contributed by atoms with van der Waals surface area (Å²) in [4.78, 5) is 0. The molecule has 1 nitrogen and oxygen atoms in total. The molecule has 3 heteroatoms. The molecule has 0 aliphatic rings. The van der Waals surface area contributed by atoms with Crippen molar-refractivity contribution in [1.29, 1.82) is 5.26 Å². The molecule has 0 heterocycles. The first kappa shape index (κ1) is 9.08. The van der Waals surface area contributed by atoms with E-state index < -0.39 is 0 Å². The summed E-state index contributed by atoms with van der Waals surface area (Å²) in [6.45, 7) is 0. The molecule has 0 bridgehead atoms. The molecule has 0 aromatic rings. The number of thiocyanates is 1. The second-order valence-corrected chi connectivity index (χ2v) is 0.300. The van der Waals surface area contributed by atoms with Crippen molar-refractivity contribution in [1.82, 2.24) is 0 Å². The molecule has 0 aromatic heterocycles. The van der Waals surface area contributed by atoms with Gasteiger partial charge < -0.3 is 1.43 Å². The summed E-state index contributed by atoms with van der Waals surface area (Å²) in [6.07, 6.45) is 0. The molecule has 18 valence electrons. The zero-order valence-electron chi connectivity index (χ0n) is 4.39. The minimum absolute atomic E-state index is 0. The molecule has 4 heavy (non-hydrogen) atoms. The summed E-state index contributed by atoms with van der Waals surface area (Å²) < 4.78 is 0. The van der Waals surface area contributed by atoms with Crippen molar-refractivity contribution in [3.63, 3.8) is 0 Å². The molecule has 0 aromatic carbocycles. The Morgan fingerprint density at radius 1 is 2.25 bits per heavy atom. The molecule has 0 aliphatic carbocycles. The molecule has 0 atom stereocenters. The van der Waals surface area contributed by atoms with Gasteiger partial charge in [0, 0.05) is 0 Å². The average molecular weight is 100 g/mol. The van der Waals surface area contributed by atoms with E-state index in [9.17, 15) is 0 Å². The third kappa shape index (κ3) is 9.78. The Kier molecular flexibility index (Phi) is 20.0. The fourth-order valence-electron chi connectivity index (χ4n) is 0.